The molecule has 27 heavy (non-hydrogen) atoms. The average Bonchev–Trinajstić information content (AvgIpc) is 2.61. The highest BCUT2D eigenvalue weighted by atomic mass is 16.4. The second kappa shape index (κ2) is 8.84. The van der Waals surface area contributed by atoms with Gasteiger partial charge < -0.3 is 21.1 Å². The molecule has 0 spiro atoms. The molecule has 0 saturated carbocycles. The molecule has 2 aromatic carbocycles. The zero-order chi connectivity index (χ0) is 20.0. The lowest BCUT2D eigenvalue weighted by atomic mass is 10.0. The van der Waals surface area contributed by atoms with Crippen molar-refractivity contribution in [1.82, 2.24) is 5.32 Å². The number of anilines is 2. The average molecular weight is 369 g/mol. The molecule has 2 rings (SSSR count). The Balaban J connectivity index is 2.04. The summed E-state index contributed by atoms with van der Waals surface area (Å²) in [6, 6.07) is 12.9. The number of aliphatic carboxylic acids is 1. The minimum atomic E-state index is -0.905. The summed E-state index contributed by atoms with van der Waals surface area (Å²) in [6.07, 6.45) is 0. The van der Waals surface area contributed by atoms with Gasteiger partial charge in [0.1, 0.15) is 0 Å². The smallest absolute Gasteiger partial charge is 0.319 e. The van der Waals surface area contributed by atoms with E-state index in [0.29, 0.717) is 22.5 Å². The van der Waals surface area contributed by atoms with Gasteiger partial charge in [0.2, 0.25) is 0 Å². The summed E-state index contributed by atoms with van der Waals surface area (Å²) in [5.41, 5.74) is 2.10. The van der Waals surface area contributed by atoms with Crippen LogP contribution in [0.2, 0.25) is 0 Å². The summed E-state index contributed by atoms with van der Waals surface area (Å²) in [5.74, 6) is -1.85. The van der Waals surface area contributed by atoms with Crippen LogP contribution in [0, 0.1) is 0 Å². The molecular formula is C20H23N3O4. The monoisotopic (exact) mass is 369 g/mol. The largest absolute Gasteiger partial charge is 0.481 e. The van der Waals surface area contributed by atoms with E-state index in [-0.39, 0.29) is 18.0 Å². The van der Waals surface area contributed by atoms with E-state index < -0.39 is 11.9 Å². The van der Waals surface area contributed by atoms with E-state index in [9.17, 15) is 14.4 Å². The SMILES string of the molecule is CC(C)NC(=O)Nc1cccc(C(=O)Nc2ccc(C(C)C(=O)O)cc2)c1. The van der Waals surface area contributed by atoms with Gasteiger partial charge in [0.15, 0.2) is 0 Å². The van der Waals surface area contributed by atoms with Crippen molar-refractivity contribution in [3.8, 4) is 0 Å². The van der Waals surface area contributed by atoms with Crippen molar-refractivity contribution in [1.29, 1.82) is 0 Å². The highest BCUT2D eigenvalue weighted by molar-refractivity contribution is 6.05. The van der Waals surface area contributed by atoms with Crippen molar-refractivity contribution in [2.45, 2.75) is 32.7 Å². The number of nitrogens with one attached hydrogen (secondary N) is 3. The molecule has 2 aromatic rings. The van der Waals surface area contributed by atoms with Gasteiger partial charge >= 0.3 is 12.0 Å². The molecule has 0 aliphatic heterocycles. The van der Waals surface area contributed by atoms with Gasteiger partial charge in [-0.05, 0) is 56.7 Å². The van der Waals surface area contributed by atoms with Gasteiger partial charge in [-0.15, -0.1) is 0 Å². The Hall–Kier alpha value is -3.35. The normalized spacial score (nSPS) is 11.6. The molecule has 3 amide bonds. The molecule has 1 atom stereocenters. The van der Waals surface area contributed by atoms with Crippen LogP contribution < -0.4 is 16.0 Å². The summed E-state index contributed by atoms with van der Waals surface area (Å²) in [6.45, 7) is 5.31. The Morgan fingerprint density at radius 3 is 2.15 bits per heavy atom. The van der Waals surface area contributed by atoms with Gasteiger partial charge in [0, 0.05) is 23.0 Å². The molecule has 0 saturated heterocycles. The van der Waals surface area contributed by atoms with Crippen LogP contribution in [-0.4, -0.2) is 29.1 Å². The molecule has 0 aliphatic carbocycles. The number of carboxylic acid groups (broad SMARTS) is 1. The second-order valence-corrected chi connectivity index (χ2v) is 6.47. The first-order valence-electron chi connectivity index (χ1n) is 8.58. The highest BCUT2D eigenvalue weighted by Crippen LogP contribution is 2.19. The first-order chi connectivity index (χ1) is 12.8. The first-order valence-corrected chi connectivity index (χ1v) is 8.58. The maximum Gasteiger partial charge on any atom is 0.319 e. The maximum absolute atomic E-state index is 12.4. The predicted molar refractivity (Wildman–Crippen MR) is 104 cm³/mol. The Morgan fingerprint density at radius 2 is 1.56 bits per heavy atom. The fraction of sp³-hybridized carbons (Fsp3) is 0.250. The standard InChI is InChI=1S/C20H23N3O4/c1-12(2)21-20(27)23-17-6-4-5-15(11-17)18(24)22-16-9-7-14(8-10-16)13(3)19(25)26/h4-13H,1-3H3,(H,22,24)(H,25,26)(H2,21,23,27). The third-order valence-corrected chi connectivity index (χ3v) is 3.84. The molecule has 0 aromatic heterocycles. The van der Waals surface area contributed by atoms with Crippen LogP contribution in [0.3, 0.4) is 0 Å². The zero-order valence-electron chi connectivity index (χ0n) is 15.4. The molecule has 0 bridgehead atoms. The van der Waals surface area contributed by atoms with Gasteiger partial charge in [0.25, 0.3) is 5.91 Å². The van der Waals surface area contributed by atoms with Crippen LogP contribution in [0.15, 0.2) is 48.5 Å². The molecule has 4 N–H and O–H groups in total. The molecule has 0 radical (unpaired) electrons. The molecule has 1 unspecified atom stereocenters. The van der Waals surface area contributed by atoms with Gasteiger partial charge in [-0.1, -0.05) is 18.2 Å². The van der Waals surface area contributed by atoms with Gasteiger partial charge in [0.05, 0.1) is 5.92 Å². The van der Waals surface area contributed by atoms with Crippen molar-refractivity contribution in [3.63, 3.8) is 0 Å². The highest BCUT2D eigenvalue weighted by Gasteiger charge is 2.14. The van der Waals surface area contributed by atoms with Crippen molar-refractivity contribution >= 4 is 29.3 Å². The number of carboxylic acids is 1. The van der Waals surface area contributed by atoms with Crippen LogP contribution in [0.25, 0.3) is 0 Å². The fourth-order valence-electron chi connectivity index (χ4n) is 2.37. The molecular weight excluding hydrogens is 346 g/mol. The number of rotatable bonds is 6. The van der Waals surface area contributed by atoms with E-state index in [1.54, 1.807) is 55.5 Å². The van der Waals surface area contributed by atoms with Crippen LogP contribution in [-0.2, 0) is 4.79 Å². The van der Waals surface area contributed by atoms with Crippen LogP contribution in [0.5, 0.6) is 0 Å². The van der Waals surface area contributed by atoms with Crippen LogP contribution >= 0.6 is 0 Å². The van der Waals surface area contributed by atoms with E-state index in [1.165, 1.54) is 0 Å². The zero-order valence-corrected chi connectivity index (χ0v) is 15.4. The fourth-order valence-corrected chi connectivity index (χ4v) is 2.37. The number of benzene rings is 2. The summed E-state index contributed by atoms with van der Waals surface area (Å²) >= 11 is 0. The predicted octanol–water partition coefficient (Wildman–Crippen LogP) is 3.66. The molecule has 0 aliphatic rings. The van der Waals surface area contributed by atoms with Crippen molar-refractivity contribution < 1.29 is 19.5 Å². The second-order valence-electron chi connectivity index (χ2n) is 6.47. The molecule has 0 heterocycles. The number of hydrogen-bond acceptors (Lipinski definition) is 3. The summed E-state index contributed by atoms with van der Waals surface area (Å²) < 4.78 is 0. The van der Waals surface area contributed by atoms with E-state index in [1.807, 2.05) is 13.8 Å². The minimum Gasteiger partial charge on any atom is -0.481 e. The number of hydrogen-bond donors (Lipinski definition) is 4. The number of carbonyl (C=O) groups is 3. The molecule has 142 valence electrons. The maximum atomic E-state index is 12.4. The third kappa shape index (κ3) is 5.85. The van der Waals surface area contributed by atoms with Gasteiger partial charge in [-0.2, -0.15) is 0 Å². The van der Waals surface area contributed by atoms with Crippen molar-refractivity contribution in [3.05, 3.63) is 59.7 Å². The van der Waals surface area contributed by atoms with Crippen LogP contribution in [0.4, 0.5) is 16.2 Å². The van der Waals surface area contributed by atoms with Crippen LogP contribution in [0.1, 0.15) is 42.6 Å². The number of urea groups is 1. The van der Waals surface area contributed by atoms with Gasteiger partial charge in [-0.25, -0.2) is 4.79 Å². The molecule has 7 nitrogen and oxygen atoms in total. The molecule has 7 heteroatoms. The number of amides is 3. The van der Waals surface area contributed by atoms with E-state index >= 15 is 0 Å². The third-order valence-electron chi connectivity index (χ3n) is 3.84. The van der Waals surface area contributed by atoms with E-state index in [4.69, 9.17) is 5.11 Å². The first kappa shape index (κ1) is 20.0. The Bertz CT molecular complexity index is 831. The van der Waals surface area contributed by atoms with Crippen molar-refractivity contribution in [2.75, 3.05) is 10.6 Å². The lowest BCUT2D eigenvalue weighted by Crippen LogP contribution is -2.34. The Kier molecular flexibility index (Phi) is 6.54. The summed E-state index contributed by atoms with van der Waals surface area (Å²) in [5, 5.41) is 17.2. The summed E-state index contributed by atoms with van der Waals surface area (Å²) in [4.78, 5) is 35.2. The topological polar surface area (TPSA) is 108 Å². The Morgan fingerprint density at radius 1 is 0.889 bits per heavy atom. The quantitative estimate of drug-likeness (QED) is 0.623. The minimum absolute atomic E-state index is 0.00305. The lowest BCUT2D eigenvalue weighted by molar-refractivity contribution is -0.138. The van der Waals surface area contributed by atoms with E-state index in [2.05, 4.69) is 16.0 Å². The molecule has 0 fully saturated rings. The number of carbonyl (C=O) groups excluding carboxylic acids is 2. The summed E-state index contributed by atoms with van der Waals surface area (Å²) in [7, 11) is 0. The van der Waals surface area contributed by atoms with E-state index in [0.717, 1.165) is 0 Å². The van der Waals surface area contributed by atoms with Crippen molar-refractivity contribution in [2.24, 2.45) is 0 Å². The lowest BCUT2D eigenvalue weighted by Gasteiger charge is -2.12. The van der Waals surface area contributed by atoms with Gasteiger partial charge in [-0.3, -0.25) is 9.59 Å². The Labute approximate surface area is 157 Å².